The van der Waals surface area contributed by atoms with E-state index in [4.69, 9.17) is 5.11 Å². The molecule has 0 saturated heterocycles. The van der Waals surface area contributed by atoms with Crippen molar-refractivity contribution in [1.82, 2.24) is 14.6 Å². The molecular weight excluding hydrogens is 372 g/mol. The summed E-state index contributed by atoms with van der Waals surface area (Å²) in [5.74, 6) is 2.06. The van der Waals surface area contributed by atoms with E-state index in [0.29, 0.717) is 5.92 Å². The largest absolute Gasteiger partial charge is 0.400 e. The number of aliphatic imine (C=N–C) groups is 1. The molecule has 7 nitrogen and oxygen atoms in total. The number of hydrogen-bond acceptors (Lipinski definition) is 6. The van der Waals surface area contributed by atoms with Crippen molar-refractivity contribution >= 4 is 39.9 Å². The maximum absolute atomic E-state index is 7.00. The molecule has 8 heteroatoms. The highest BCUT2D eigenvalue weighted by molar-refractivity contribution is 9.10. The molecule has 0 bridgehead atoms. The first-order chi connectivity index (χ1) is 11.5. The summed E-state index contributed by atoms with van der Waals surface area (Å²) in [5, 5.41) is 17.9. The Morgan fingerprint density at radius 1 is 1.50 bits per heavy atom. The number of anilines is 2. The average molecular weight is 395 g/mol. The van der Waals surface area contributed by atoms with E-state index in [2.05, 4.69) is 68.8 Å². The minimum Gasteiger partial charge on any atom is -0.400 e. The summed E-state index contributed by atoms with van der Waals surface area (Å²) >= 11 is 3.46. The maximum Gasteiger partial charge on any atom is 0.173 e. The summed E-state index contributed by atoms with van der Waals surface area (Å²) in [6, 6.07) is 1.90. The maximum atomic E-state index is 7.00. The summed E-state index contributed by atoms with van der Waals surface area (Å²) in [6.07, 6.45) is 4.97. The molecule has 0 aliphatic heterocycles. The number of aromatic nitrogens is 3. The van der Waals surface area contributed by atoms with Crippen LogP contribution in [0.4, 0.5) is 11.6 Å². The predicted molar refractivity (Wildman–Crippen MR) is 104 cm³/mol. The fourth-order valence-corrected chi connectivity index (χ4v) is 2.15. The van der Waals surface area contributed by atoms with Gasteiger partial charge < -0.3 is 15.7 Å². The van der Waals surface area contributed by atoms with Gasteiger partial charge in [-0.05, 0) is 34.6 Å². The molecule has 0 atom stereocenters. The second kappa shape index (κ2) is 9.84. The molecule has 3 N–H and O–H groups in total. The van der Waals surface area contributed by atoms with Crippen LogP contribution in [-0.2, 0) is 0 Å². The van der Waals surface area contributed by atoms with Gasteiger partial charge >= 0.3 is 0 Å². The van der Waals surface area contributed by atoms with Crippen LogP contribution < -0.4 is 10.6 Å². The second-order valence-electron chi connectivity index (χ2n) is 5.13. The molecule has 0 fully saturated rings. The Morgan fingerprint density at radius 2 is 2.21 bits per heavy atom. The van der Waals surface area contributed by atoms with E-state index in [1.54, 1.807) is 23.0 Å². The fraction of sp³-hybridized carbons (Fsp3) is 0.312. The van der Waals surface area contributed by atoms with Gasteiger partial charge in [-0.2, -0.15) is 9.61 Å². The molecular formula is C16H23BrN6O. The first-order valence-electron chi connectivity index (χ1n) is 7.33. The van der Waals surface area contributed by atoms with Gasteiger partial charge in [0, 0.05) is 25.9 Å². The molecule has 0 amide bonds. The normalized spacial score (nSPS) is 11.0. The Balaban J connectivity index is 0.00000139. The van der Waals surface area contributed by atoms with Crippen LogP contribution in [0.3, 0.4) is 0 Å². The summed E-state index contributed by atoms with van der Waals surface area (Å²) in [4.78, 5) is 8.32. The number of hydrogen-bond donors (Lipinski definition) is 3. The van der Waals surface area contributed by atoms with Gasteiger partial charge in [-0.25, -0.2) is 4.98 Å². The van der Waals surface area contributed by atoms with Crippen molar-refractivity contribution in [2.45, 2.75) is 13.8 Å². The van der Waals surface area contributed by atoms with Gasteiger partial charge in [0.2, 0.25) is 0 Å². The Kier molecular flexibility index (Phi) is 8.14. The lowest BCUT2D eigenvalue weighted by molar-refractivity contribution is 0.399. The smallest absolute Gasteiger partial charge is 0.173 e. The number of rotatable bonds is 7. The van der Waals surface area contributed by atoms with Gasteiger partial charge in [-0.15, -0.1) is 0 Å². The second-order valence-corrected chi connectivity index (χ2v) is 5.98. The van der Waals surface area contributed by atoms with Crippen molar-refractivity contribution < 1.29 is 5.11 Å². The van der Waals surface area contributed by atoms with Crippen molar-refractivity contribution in [3.63, 3.8) is 0 Å². The van der Waals surface area contributed by atoms with Crippen molar-refractivity contribution in [3.05, 3.63) is 41.3 Å². The number of fused-ring (bicyclic) bond motifs is 1. The predicted octanol–water partition coefficient (Wildman–Crippen LogP) is 3.31. The van der Waals surface area contributed by atoms with Gasteiger partial charge in [-0.1, -0.05) is 20.4 Å². The first kappa shape index (κ1) is 19.9. The van der Waals surface area contributed by atoms with Crippen LogP contribution in [0.1, 0.15) is 13.8 Å². The summed E-state index contributed by atoms with van der Waals surface area (Å²) in [7, 11) is 1.00. The molecule has 24 heavy (non-hydrogen) atoms. The van der Waals surface area contributed by atoms with Gasteiger partial charge in [-0.3, -0.25) is 4.99 Å². The standard InChI is InChI=1S/C15H19BrN6.CH4O/c1-5-11(8-17-4)20-14-6-13(18-7-10(2)3)21-15-12(16)9-19-22(14)15;1-2/h5-6,8-10,20H,1,4,7H2,2-3H3,(H,18,21);2H,1H3/b11-8+;. The number of nitrogens with zero attached hydrogens (tertiary/aromatic N) is 4. The lowest BCUT2D eigenvalue weighted by Crippen LogP contribution is -2.11. The van der Waals surface area contributed by atoms with Crippen LogP contribution >= 0.6 is 15.9 Å². The van der Waals surface area contributed by atoms with Gasteiger partial charge in [0.05, 0.1) is 16.4 Å². The Labute approximate surface area is 150 Å². The highest BCUT2D eigenvalue weighted by Gasteiger charge is 2.11. The Bertz CT molecular complexity index is 723. The molecule has 0 aromatic carbocycles. The third-order valence-corrected chi connectivity index (χ3v) is 3.40. The molecule has 2 aromatic rings. The average Bonchev–Trinajstić information content (AvgIpc) is 2.96. The zero-order valence-corrected chi connectivity index (χ0v) is 15.7. The van der Waals surface area contributed by atoms with Crippen LogP contribution in [0.15, 0.2) is 46.3 Å². The Hall–Kier alpha value is -2.19. The van der Waals surface area contributed by atoms with Crippen molar-refractivity contribution in [3.8, 4) is 0 Å². The number of halogens is 1. The van der Waals surface area contributed by atoms with Crippen LogP contribution in [0, 0.1) is 5.92 Å². The lowest BCUT2D eigenvalue weighted by atomic mass is 10.2. The van der Waals surface area contributed by atoms with Crippen LogP contribution in [0.2, 0.25) is 0 Å². The highest BCUT2D eigenvalue weighted by Crippen LogP contribution is 2.23. The van der Waals surface area contributed by atoms with Crippen LogP contribution in [-0.4, -0.2) is 40.1 Å². The van der Waals surface area contributed by atoms with Crippen molar-refractivity contribution in [2.24, 2.45) is 10.9 Å². The molecule has 0 spiro atoms. The summed E-state index contributed by atoms with van der Waals surface area (Å²) in [6.45, 7) is 12.3. The van der Waals surface area contributed by atoms with E-state index in [0.717, 1.165) is 41.1 Å². The van der Waals surface area contributed by atoms with Crippen LogP contribution in [0.5, 0.6) is 0 Å². The van der Waals surface area contributed by atoms with Crippen molar-refractivity contribution in [2.75, 3.05) is 24.3 Å². The lowest BCUT2D eigenvalue weighted by Gasteiger charge is -2.13. The third kappa shape index (κ3) is 5.17. The molecule has 0 radical (unpaired) electrons. The van der Waals surface area contributed by atoms with E-state index in [1.807, 2.05) is 6.07 Å². The molecule has 0 aliphatic rings. The zero-order chi connectivity index (χ0) is 18.1. The molecule has 0 aliphatic carbocycles. The number of aliphatic hydroxyl groups is 1. The number of nitrogens with one attached hydrogen (secondary N) is 2. The minimum atomic E-state index is 0.524. The van der Waals surface area contributed by atoms with E-state index in [9.17, 15) is 0 Å². The van der Waals surface area contributed by atoms with Gasteiger partial charge in [0.1, 0.15) is 11.6 Å². The highest BCUT2D eigenvalue weighted by atomic mass is 79.9. The molecule has 130 valence electrons. The van der Waals surface area contributed by atoms with Gasteiger partial charge in [0.25, 0.3) is 0 Å². The number of aliphatic hydroxyl groups excluding tert-OH is 1. The molecule has 0 unspecified atom stereocenters. The summed E-state index contributed by atoms with van der Waals surface area (Å²) < 4.78 is 2.54. The van der Waals surface area contributed by atoms with E-state index >= 15 is 0 Å². The molecule has 2 rings (SSSR count). The topological polar surface area (TPSA) is 86.8 Å². The number of allylic oxidation sites excluding steroid dienone is 1. The van der Waals surface area contributed by atoms with Crippen LogP contribution in [0.25, 0.3) is 5.65 Å². The summed E-state index contributed by atoms with van der Waals surface area (Å²) in [5.41, 5.74) is 1.45. The van der Waals surface area contributed by atoms with E-state index in [1.165, 1.54) is 0 Å². The van der Waals surface area contributed by atoms with E-state index < -0.39 is 0 Å². The molecule has 2 aromatic heterocycles. The van der Waals surface area contributed by atoms with Crippen molar-refractivity contribution in [1.29, 1.82) is 0 Å². The third-order valence-electron chi connectivity index (χ3n) is 2.84. The van der Waals surface area contributed by atoms with Gasteiger partial charge in [0.15, 0.2) is 5.65 Å². The zero-order valence-electron chi connectivity index (χ0n) is 14.1. The monoisotopic (exact) mass is 394 g/mol. The first-order valence-corrected chi connectivity index (χ1v) is 8.12. The van der Waals surface area contributed by atoms with E-state index in [-0.39, 0.29) is 0 Å². The Morgan fingerprint density at radius 3 is 2.79 bits per heavy atom. The quantitative estimate of drug-likeness (QED) is 0.495. The molecule has 0 saturated carbocycles. The SMILES string of the molecule is C=C/C(=C\N=C)Nc1cc(NCC(C)C)nc2c(Br)cnn12.CO. The molecule has 2 heterocycles. The minimum absolute atomic E-state index is 0.524. The fourth-order valence-electron chi connectivity index (χ4n) is 1.81.